The molecule has 6 nitrogen and oxygen atoms in total. The highest BCUT2D eigenvalue weighted by atomic mass is 32.1. The van der Waals surface area contributed by atoms with Crippen molar-refractivity contribution in [3.8, 4) is 0 Å². The van der Waals surface area contributed by atoms with E-state index in [2.05, 4.69) is 15.6 Å². The van der Waals surface area contributed by atoms with E-state index >= 15 is 0 Å². The van der Waals surface area contributed by atoms with E-state index < -0.39 is 0 Å². The number of carbonyl (C=O) groups excluding carboxylic acids is 2. The topological polar surface area (TPSA) is 74.3 Å². The van der Waals surface area contributed by atoms with Gasteiger partial charge >= 0.3 is 6.03 Å². The maximum Gasteiger partial charge on any atom is 0.314 e. The molecule has 1 heterocycles. The summed E-state index contributed by atoms with van der Waals surface area (Å²) >= 11 is 1.77. The Morgan fingerprint density at radius 1 is 1.48 bits per heavy atom. The van der Waals surface area contributed by atoms with Crippen molar-refractivity contribution >= 4 is 23.3 Å². The van der Waals surface area contributed by atoms with Crippen LogP contribution in [0, 0.1) is 6.92 Å². The first kappa shape index (κ1) is 15.8. The molecule has 3 amide bonds. The van der Waals surface area contributed by atoms with Gasteiger partial charge in [0.1, 0.15) is 0 Å². The fourth-order valence-electron chi connectivity index (χ4n) is 2.62. The number of hydrogen-bond acceptors (Lipinski definition) is 4. The molecule has 0 radical (unpaired) electrons. The molecule has 1 aliphatic carbocycles. The second-order valence-electron chi connectivity index (χ2n) is 5.34. The molecule has 7 heteroatoms. The second kappa shape index (κ2) is 6.89. The van der Waals surface area contributed by atoms with E-state index in [1.165, 1.54) is 17.6 Å². The fourth-order valence-corrected chi connectivity index (χ4v) is 3.68. The van der Waals surface area contributed by atoms with E-state index in [0.29, 0.717) is 12.5 Å². The highest BCUT2D eigenvalue weighted by Gasteiger charge is 2.26. The highest BCUT2D eigenvalue weighted by molar-refractivity contribution is 7.11. The van der Waals surface area contributed by atoms with Gasteiger partial charge < -0.3 is 15.5 Å². The van der Waals surface area contributed by atoms with Crippen LogP contribution in [0.3, 0.4) is 0 Å². The quantitative estimate of drug-likeness (QED) is 0.879. The number of thiazole rings is 1. The van der Waals surface area contributed by atoms with Crippen LogP contribution in [0.5, 0.6) is 0 Å². The van der Waals surface area contributed by atoms with E-state index in [0.717, 1.165) is 24.3 Å². The molecule has 0 bridgehead atoms. The number of hydrogen-bond donors (Lipinski definition) is 2. The van der Waals surface area contributed by atoms with Gasteiger partial charge in [-0.1, -0.05) is 0 Å². The van der Waals surface area contributed by atoms with Crippen molar-refractivity contribution in [2.24, 2.45) is 0 Å². The number of aryl methyl sites for hydroxylation is 2. The molecule has 1 aliphatic rings. The van der Waals surface area contributed by atoms with Gasteiger partial charge in [0.05, 0.1) is 17.2 Å². The Balaban J connectivity index is 1.92. The van der Waals surface area contributed by atoms with Gasteiger partial charge in [-0.15, -0.1) is 11.3 Å². The number of aromatic nitrogens is 1. The van der Waals surface area contributed by atoms with E-state index in [1.807, 2.05) is 6.92 Å². The Bertz CT molecular complexity index is 529. The van der Waals surface area contributed by atoms with E-state index in [-0.39, 0.29) is 18.5 Å². The minimum Gasteiger partial charge on any atom is -0.344 e. The lowest BCUT2D eigenvalue weighted by molar-refractivity contribution is -0.129. The van der Waals surface area contributed by atoms with Crippen molar-refractivity contribution < 1.29 is 9.59 Å². The molecule has 116 valence electrons. The summed E-state index contributed by atoms with van der Waals surface area (Å²) in [6.45, 7) is 2.71. The second-order valence-corrected chi connectivity index (χ2v) is 6.63. The zero-order chi connectivity index (χ0) is 15.4. The summed E-state index contributed by atoms with van der Waals surface area (Å²) < 4.78 is 0. The average Bonchev–Trinajstić information content (AvgIpc) is 2.85. The van der Waals surface area contributed by atoms with Crippen molar-refractivity contribution in [1.29, 1.82) is 0 Å². The summed E-state index contributed by atoms with van der Waals surface area (Å²) in [7, 11) is 3.30. The van der Waals surface area contributed by atoms with Crippen molar-refractivity contribution in [2.45, 2.75) is 32.1 Å². The molecule has 1 aromatic heterocycles. The number of nitrogens with one attached hydrogen (secondary N) is 2. The predicted molar refractivity (Wildman–Crippen MR) is 82.6 cm³/mol. The van der Waals surface area contributed by atoms with Crippen LogP contribution in [0.1, 0.15) is 34.3 Å². The number of carbonyl (C=O) groups is 2. The molecule has 0 aliphatic heterocycles. The van der Waals surface area contributed by atoms with E-state index in [9.17, 15) is 9.59 Å². The summed E-state index contributed by atoms with van der Waals surface area (Å²) in [6.07, 6.45) is 3.32. The van der Waals surface area contributed by atoms with Gasteiger partial charge in [-0.2, -0.15) is 0 Å². The zero-order valence-corrected chi connectivity index (χ0v) is 13.5. The summed E-state index contributed by atoms with van der Waals surface area (Å²) in [5, 5.41) is 6.04. The van der Waals surface area contributed by atoms with Gasteiger partial charge in [-0.05, 0) is 26.2 Å². The fraction of sp³-hybridized carbons (Fsp3) is 0.643. The summed E-state index contributed by atoms with van der Waals surface area (Å²) in [5.74, 6) is 0.227. The first-order chi connectivity index (χ1) is 10.0. The summed E-state index contributed by atoms with van der Waals surface area (Å²) in [4.78, 5) is 30.8. The number of rotatable bonds is 4. The third kappa shape index (κ3) is 3.93. The Labute approximate surface area is 128 Å². The van der Waals surface area contributed by atoms with Crippen molar-refractivity contribution in [2.75, 3.05) is 27.2 Å². The third-order valence-electron chi connectivity index (χ3n) is 3.72. The van der Waals surface area contributed by atoms with E-state index in [4.69, 9.17) is 0 Å². The molecule has 2 rings (SSSR count). The third-order valence-corrected chi connectivity index (χ3v) is 4.77. The smallest absolute Gasteiger partial charge is 0.314 e. The van der Waals surface area contributed by atoms with Crippen LogP contribution in [0.25, 0.3) is 0 Å². The Hall–Kier alpha value is -1.63. The monoisotopic (exact) mass is 310 g/mol. The maximum atomic E-state index is 12.0. The van der Waals surface area contributed by atoms with Crippen LogP contribution in [0.4, 0.5) is 4.79 Å². The molecule has 2 N–H and O–H groups in total. The van der Waals surface area contributed by atoms with Gasteiger partial charge in [0.25, 0.3) is 0 Å². The summed E-state index contributed by atoms with van der Waals surface area (Å²) in [6, 6.07) is -0.341. The molecule has 21 heavy (non-hydrogen) atoms. The molecule has 0 saturated heterocycles. The van der Waals surface area contributed by atoms with Gasteiger partial charge in [-0.25, -0.2) is 9.78 Å². The molecule has 0 aromatic carbocycles. The van der Waals surface area contributed by atoms with Gasteiger partial charge in [0, 0.05) is 31.4 Å². The zero-order valence-electron chi connectivity index (χ0n) is 12.7. The molecule has 1 aromatic rings. The lowest BCUT2D eigenvalue weighted by Gasteiger charge is -2.26. The van der Waals surface area contributed by atoms with Gasteiger partial charge in [0.2, 0.25) is 5.91 Å². The lowest BCUT2D eigenvalue weighted by Crippen LogP contribution is -2.42. The largest absolute Gasteiger partial charge is 0.344 e. The molecular formula is C14H22N4O2S. The number of nitrogens with zero attached hydrogens (tertiary/aromatic N) is 2. The van der Waals surface area contributed by atoms with Crippen LogP contribution >= 0.6 is 11.3 Å². The van der Waals surface area contributed by atoms with E-state index in [1.54, 1.807) is 23.3 Å². The molecule has 0 spiro atoms. The molecule has 0 fully saturated rings. The first-order valence-electron chi connectivity index (χ1n) is 7.17. The highest BCUT2D eigenvalue weighted by Crippen LogP contribution is 2.34. The standard InChI is InChI=1S/C14H22N4O2S/c1-9-17-13-10(5-4-6-11(13)21-9)8-18(3)12(19)7-16-14(20)15-2/h10H,4-8H2,1-3H3,(H2,15,16,20)/t10-/m0/s1. The number of fused-ring (bicyclic) bond motifs is 1. The molecule has 0 saturated carbocycles. The average molecular weight is 310 g/mol. The predicted octanol–water partition coefficient (Wildman–Crippen LogP) is 1.26. The number of urea groups is 1. The number of amides is 3. The molecule has 0 unspecified atom stereocenters. The minimum atomic E-state index is -0.341. The Morgan fingerprint density at radius 2 is 2.24 bits per heavy atom. The Morgan fingerprint density at radius 3 is 2.95 bits per heavy atom. The SMILES string of the molecule is CNC(=O)NCC(=O)N(C)C[C@@H]1CCCc2sc(C)nc21. The van der Waals surface area contributed by atoms with Crippen molar-refractivity contribution in [3.05, 3.63) is 15.6 Å². The minimum absolute atomic E-state index is 0.0197. The van der Waals surface area contributed by atoms with Crippen LogP contribution in [-0.4, -0.2) is 49.0 Å². The first-order valence-corrected chi connectivity index (χ1v) is 7.98. The lowest BCUT2D eigenvalue weighted by atomic mass is 9.90. The van der Waals surface area contributed by atoms with Crippen molar-refractivity contribution in [3.63, 3.8) is 0 Å². The van der Waals surface area contributed by atoms with Gasteiger partial charge in [-0.3, -0.25) is 4.79 Å². The van der Waals surface area contributed by atoms with Gasteiger partial charge in [0.15, 0.2) is 0 Å². The van der Waals surface area contributed by atoms with Crippen LogP contribution < -0.4 is 10.6 Å². The van der Waals surface area contributed by atoms with Crippen LogP contribution in [-0.2, 0) is 11.2 Å². The van der Waals surface area contributed by atoms with Crippen LogP contribution in [0.15, 0.2) is 0 Å². The van der Waals surface area contributed by atoms with Crippen molar-refractivity contribution in [1.82, 2.24) is 20.5 Å². The number of likely N-dealkylation sites (N-methyl/N-ethyl adjacent to an activating group) is 1. The maximum absolute atomic E-state index is 12.0. The Kier molecular flexibility index (Phi) is 5.17. The van der Waals surface area contributed by atoms with Crippen LogP contribution in [0.2, 0.25) is 0 Å². The normalized spacial score (nSPS) is 17.0. The summed E-state index contributed by atoms with van der Waals surface area (Å²) in [5.41, 5.74) is 1.17. The molecule has 1 atom stereocenters. The molecular weight excluding hydrogens is 288 g/mol.